The van der Waals surface area contributed by atoms with E-state index in [0.717, 1.165) is 31.5 Å². The van der Waals surface area contributed by atoms with E-state index < -0.39 is 0 Å². The number of amides is 1. The molecule has 33 heavy (non-hydrogen) atoms. The Hall–Kier alpha value is -3.56. The number of nitrogens with one attached hydrogen (secondary N) is 1. The molecule has 1 atom stereocenters. The molecule has 1 fully saturated rings. The fraction of sp³-hybridized carbons (Fsp3) is 0.250. The largest absolute Gasteiger partial charge is 0.497 e. The summed E-state index contributed by atoms with van der Waals surface area (Å²) in [6.45, 7) is 1.91. The van der Waals surface area contributed by atoms with Gasteiger partial charge in [0, 0.05) is 28.7 Å². The summed E-state index contributed by atoms with van der Waals surface area (Å²) in [5, 5.41) is 9.06. The van der Waals surface area contributed by atoms with Crippen LogP contribution in [-0.4, -0.2) is 39.6 Å². The highest BCUT2D eigenvalue weighted by Crippen LogP contribution is 2.33. The molecular formula is C24H23N5O3S. The average molecular weight is 462 g/mol. The van der Waals surface area contributed by atoms with E-state index in [1.165, 1.54) is 4.88 Å². The minimum atomic E-state index is -0.244. The zero-order valence-corrected chi connectivity index (χ0v) is 18.9. The smallest absolute Gasteiger partial charge is 0.256 e. The van der Waals surface area contributed by atoms with E-state index >= 15 is 0 Å². The van der Waals surface area contributed by atoms with Crippen LogP contribution < -0.4 is 10.1 Å². The van der Waals surface area contributed by atoms with Gasteiger partial charge in [-0.2, -0.15) is 4.98 Å². The van der Waals surface area contributed by atoms with Gasteiger partial charge in [0.1, 0.15) is 11.6 Å². The fourth-order valence-electron chi connectivity index (χ4n) is 3.92. The average Bonchev–Trinajstić information content (AvgIpc) is 3.62. The summed E-state index contributed by atoms with van der Waals surface area (Å²) in [5.41, 5.74) is 1.25. The van der Waals surface area contributed by atoms with Gasteiger partial charge in [0.05, 0.1) is 13.2 Å². The maximum Gasteiger partial charge on any atom is 0.256 e. The van der Waals surface area contributed by atoms with Crippen molar-refractivity contribution in [1.82, 2.24) is 20.0 Å². The maximum absolute atomic E-state index is 12.4. The Kier molecular flexibility index (Phi) is 6.14. The highest BCUT2D eigenvalue weighted by Gasteiger charge is 2.31. The lowest BCUT2D eigenvalue weighted by atomic mass is 10.2. The molecule has 4 heterocycles. The number of pyridine rings is 1. The first-order valence-electron chi connectivity index (χ1n) is 10.7. The number of likely N-dealkylation sites (tertiary alicyclic amines) is 1. The van der Waals surface area contributed by atoms with E-state index in [0.29, 0.717) is 28.8 Å². The van der Waals surface area contributed by atoms with Gasteiger partial charge in [-0.1, -0.05) is 11.2 Å². The van der Waals surface area contributed by atoms with Gasteiger partial charge in [0.15, 0.2) is 0 Å². The van der Waals surface area contributed by atoms with Gasteiger partial charge in [-0.3, -0.25) is 9.69 Å². The molecule has 0 saturated carbocycles. The van der Waals surface area contributed by atoms with Gasteiger partial charge in [-0.15, -0.1) is 11.3 Å². The zero-order valence-electron chi connectivity index (χ0n) is 18.1. The number of carbonyl (C=O) groups is 1. The molecule has 1 saturated heterocycles. The standard InChI is InChI=1S/C24H23N5O3S/c1-31-18-9-6-16(7-10-18)23(30)26-21-11-8-17(14-25-21)22-27-24(32-28-22)20-5-2-12-29(20)15-19-4-3-13-33-19/h3-4,6-11,13-14,20H,2,5,12,15H2,1H3,(H,25,26,30). The quantitative estimate of drug-likeness (QED) is 0.423. The van der Waals surface area contributed by atoms with Crippen LogP contribution in [0.5, 0.6) is 5.75 Å². The van der Waals surface area contributed by atoms with Crippen molar-refractivity contribution >= 4 is 23.1 Å². The molecule has 4 aromatic rings. The van der Waals surface area contributed by atoms with Gasteiger partial charge in [0.2, 0.25) is 11.7 Å². The third-order valence-corrected chi connectivity index (χ3v) is 6.51. The lowest BCUT2D eigenvalue weighted by molar-refractivity contribution is 0.102. The molecule has 0 aliphatic carbocycles. The normalized spacial score (nSPS) is 16.1. The second-order valence-corrected chi connectivity index (χ2v) is 8.81. The predicted octanol–water partition coefficient (Wildman–Crippen LogP) is 4.79. The van der Waals surface area contributed by atoms with E-state index in [-0.39, 0.29) is 11.9 Å². The number of methoxy groups -OCH3 is 1. The molecule has 5 rings (SSSR count). The lowest BCUT2D eigenvalue weighted by Gasteiger charge is -2.20. The molecule has 3 aromatic heterocycles. The lowest BCUT2D eigenvalue weighted by Crippen LogP contribution is -2.22. The predicted molar refractivity (Wildman–Crippen MR) is 125 cm³/mol. The third-order valence-electron chi connectivity index (χ3n) is 5.64. The highest BCUT2D eigenvalue weighted by molar-refractivity contribution is 7.09. The van der Waals surface area contributed by atoms with Crippen molar-refractivity contribution in [2.24, 2.45) is 0 Å². The monoisotopic (exact) mass is 461 g/mol. The summed E-state index contributed by atoms with van der Waals surface area (Å²) in [7, 11) is 1.59. The van der Waals surface area contributed by atoms with E-state index in [4.69, 9.17) is 9.26 Å². The van der Waals surface area contributed by atoms with Gasteiger partial charge in [0.25, 0.3) is 5.91 Å². The van der Waals surface area contributed by atoms with Crippen LogP contribution in [0.15, 0.2) is 64.6 Å². The number of nitrogens with zero attached hydrogens (tertiary/aromatic N) is 4. The van der Waals surface area contributed by atoms with E-state index in [2.05, 4.69) is 42.9 Å². The molecule has 0 radical (unpaired) electrons. The number of aromatic nitrogens is 3. The molecule has 0 spiro atoms. The van der Waals surface area contributed by atoms with E-state index in [1.54, 1.807) is 55.0 Å². The Labute approximate surface area is 195 Å². The summed E-state index contributed by atoms with van der Waals surface area (Å²) in [6.07, 6.45) is 3.75. The molecule has 1 aliphatic rings. The molecule has 0 bridgehead atoms. The molecule has 8 nitrogen and oxygen atoms in total. The van der Waals surface area contributed by atoms with Gasteiger partial charge in [-0.25, -0.2) is 4.98 Å². The minimum Gasteiger partial charge on any atom is -0.497 e. The topological polar surface area (TPSA) is 93.4 Å². The molecule has 1 N–H and O–H groups in total. The second kappa shape index (κ2) is 9.51. The molecule has 1 amide bonds. The van der Waals surface area contributed by atoms with Crippen LogP contribution in [0.2, 0.25) is 0 Å². The van der Waals surface area contributed by atoms with Crippen molar-refractivity contribution in [3.8, 4) is 17.1 Å². The number of carbonyl (C=O) groups excluding carboxylic acids is 1. The number of hydrogen-bond donors (Lipinski definition) is 1. The Morgan fingerprint density at radius 1 is 1.24 bits per heavy atom. The maximum atomic E-state index is 12.4. The first-order chi connectivity index (χ1) is 16.2. The van der Waals surface area contributed by atoms with E-state index in [9.17, 15) is 4.79 Å². The summed E-state index contributed by atoms with van der Waals surface area (Å²) < 4.78 is 10.7. The van der Waals surface area contributed by atoms with E-state index in [1.807, 2.05) is 6.07 Å². The number of benzene rings is 1. The first-order valence-corrected chi connectivity index (χ1v) is 11.6. The summed E-state index contributed by atoms with van der Waals surface area (Å²) >= 11 is 1.76. The zero-order chi connectivity index (χ0) is 22.6. The van der Waals surface area contributed by atoms with Crippen molar-refractivity contribution in [3.63, 3.8) is 0 Å². The Bertz CT molecular complexity index is 1210. The minimum absolute atomic E-state index is 0.129. The number of thiophene rings is 1. The molecule has 168 valence electrons. The van der Waals surface area contributed by atoms with Crippen LogP contribution in [0.25, 0.3) is 11.4 Å². The summed E-state index contributed by atoms with van der Waals surface area (Å²) in [5.74, 6) is 2.03. The highest BCUT2D eigenvalue weighted by atomic mass is 32.1. The van der Waals surface area contributed by atoms with Crippen LogP contribution in [-0.2, 0) is 6.54 Å². The molecule has 1 aliphatic heterocycles. The van der Waals surface area contributed by atoms with Crippen molar-refractivity contribution in [2.45, 2.75) is 25.4 Å². The number of anilines is 1. The van der Waals surface area contributed by atoms with Gasteiger partial charge >= 0.3 is 0 Å². The molecular weight excluding hydrogens is 438 g/mol. The number of rotatable bonds is 7. The van der Waals surface area contributed by atoms with Crippen LogP contribution in [0.4, 0.5) is 5.82 Å². The Morgan fingerprint density at radius 2 is 2.12 bits per heavy atom. The van der Waals surface area contributed by atoms with Crippen molar-refractivity contribution < 1.29 is 14.1 Å². The van der Waals surface area contributed by atoms with Crippen LogP contribution in [0.1, 0.15) is 40.0 Å². The van der Waals surface area contributed by atoms with Crippen LogP contribution >= 0.6 is 11.3 Å². The Morgan fingerprint density at radius 3 is 2.85 bits per heavy atom. The first kappa shape index (κ1) is 21.3. The molecule has 1 aromatic carbocycles. The Balaban J connectivity index is 1.24. The molecule has 9 heteroatoms. The second-order valence-electron chi connectivity index (χ2n) is 7.78. The number of ether oxygens (including phenoxy) is 1. The summed E-state index contributed by atoms with van der Waals surface area (Å²) in [6, 6.07) is 14.8. The SMILES string of the molecule is COc1ccc(C(=O)Nc2ccc(-c3noc(C4CCCN4Cc4cccs4)n3)cn2)cc1. The van der Waals surface area contributed by atoms with Crippen molar-refractivity contribution in [2.75, 3.05) is 19.0 Å². The van der Waals surface area contributed by atoms with Crippen molar-refractivity contribution in [1.29, 1.82) is 0 Å². The van der Waals surface area contributed by atoms with Crippen LogP contribution in [0, 0.1) is 0 Å². The third kappa shape index (κ3) is 4.79. The number of hydrogen-bond acceptors (Lipinski definition) is 8. The van der Waals surface area contributed by atoms with Crippen LogP contribution in [0.3, 0.4) is 0 Å². The fourth-order valence-corrected chi connectivity index (χ4v) is 4.65. The van der Waals surface area contributed by atoms with Gasteiger partial charge < -0.3 is 14.6 Å². The van der Waals surface area contributed by atoms with Crippen molar-refractivity contribution in [3.05, 3.63) is 76.4 Å². The molecule has 1 unspecified atom stereocenters. The van der Waals surface area contributed by atoms with Gasteiger partial charge in [-0.05, 0) is 67.2 Å². The summed E-state index contributed by atoms with van der Waals surface area (Å²) in [4.78, 5) is 25.1.